The highest BCUT2D eigenvalue weighted by Crippen LogP contribution is 2.43. The molecule has 43 heavy (non-hydrogen) atoms. The maximum Gasteiger partial charge on any atom is 0.229 e. The second kappa shape index (κ2) is 10.3. The molecule has 0 saturated heterocycles. The molecule has 0 aliphatic heterocycles. The molecule has 0 amide bonds. The maximum atomic E-state index is 5.99. The van der Waals surface area contributed by atoms with Gasteiger partial charge in [-0.2, -0.15) is 0 Å². The van der Waals surface area contributed by atoms with Crippen molar-refractivity contribution < 1.29 is 13.8 Å². The van der Waals surface area contributed by atoms with Gasteiger partial charge in [-0.15, -0.1) is 0 Å². The first-order chi connectivity index (χ1) is 20.9. The van der Waals surface area contributed by atoms with Crippen molar-refractivity contribution in [3.8, 4) is 28.3 Å². The third kappa shape index (κ3) is 4.62. The lowest BCUT2D eigenvalue weighted by Gasteiger charge is -2.23. The van der Waals surface area contributed by atoms with Crippen molar-refractivity contribution in [2.24, 2.45) is 0 Å². The average molecular weight is 570 g/mol. The first-order valence-corrected chi connectivity index (χ1v) is 13.8. The standard InChI is InChI=1S/C33H27N7O3/c1-18-9-13-22(14-10-18)26-28-30(42-38-26)32(36-20(3)34-28)40(24-7-6-8-25(17-24)41-5)33-31-29(35-21(4)37-33)27(39-43-31)23-15-11-19(2)12-16-23/h6-17H,1-5H3. The van der Waals surface area contributed by atoms with E-state index in [9.17, 15) is 0 Å². The summed E-state index contributed by atoms with van der Waals surface area (Å²) in [6.07, 6.45) is 0. The zero-order valence-corrected chi connectivity index (χ0v) is 24.3. The highest BCUT2D eigenvalue weighted by molar-refractivity contribution is 6.01. The third-order valence-electron chi connectivity index (χ3n) is 7.21. The number of methoxy groups -OCH3 is 1. The van der Waals surface area contributed by atoms with E-state index in [2.05, 4.69) is 10.3 Å². The van der Waals surface area contributed by atoms with Crippen molar-refractivity contribution in [1.82, 2.24) is 30.2 Å². The van der Waals surface area contributed by atoms with Gasteiger partial charge in [-0.05, 0) is 39.8 Å². The molecule has 0 saturated carbocycles. The molecular formula is C33H27N7O3. The summed E-state index contributed by atoms with van der Waals surface area (Å²) >= 11 is 0. The predicted octanol–water partition coefficient (Wildman–Crippen LogP) is 7.60. The van der Waals surface area contributed by atoms with Gasteiger partial charge in [0.2, 0.25) is 11.2 Å². The van der Waals surface area contributed by atoms with Gasteiger partial charge in [0.25, 0.3) is 0 Å². The second-order valence-electron chi connectivity index (χ2n) is 10.4. The van der Waals surface area contributed by atoms with Crippen LogP contribution in [-0.2, 0) is 0 Å². The molecule has 3 aromatic carbocycles. The van der Waals surface area contributed by atoms with Crippen LogP contribution in [0.5, 0.6) is 5.75 Å². The summed E-state index contributed by atoms with van der Waals surface area (Å²) in [4.78, 5) is 21.1. The minimum absolute atomic E-state index is 0.395. The van der Waals surface area contributed by atoms with E-state index in [0.29, 0.717) is 68.3 Å². The fourth-order valence-electron chi connectivity index (χ4n) is 5.05. The highest BCUT2D eigenvalue weighted by atomic mass is 16.5. The quantitative estimate of drug-likeness (QED) is 0.198. The molecular weight excluding hydrogens is 542 g/mol. The van der Waals surface area contributed by atoms with E-state index in [4.69, 9.17) is 33.7 Å². The molecule has 7 aromatic rings. The molecule has 212 valence electrons. The number of nitrogens with zero attached hydrogens (tertiary/aromatic N) is 7. The van der Waals surface area contributed by atoms with Crippen LogP contribution in [0.3, 0.4) is 0 Å². The number of aromatic nitrogens is 6. The average Bonchev–Trinajstić information content (AvgIpc) is 3.63. The van der Waals surface area contributed by atoms with E-state index in [0.717, 1.165) is 22.3 Å². The minimum atomic E-state index is 0.395. The summed E-state index contributed by atoms with van der Waals surface area (Å²) in [5.74, 6) is 2.60. The normalized spacial score (nSPS) is 11.4. The number of ether oxygens (including phenoxy) is 1. The Hall–Kier alpha value is -5.64. The second-order valence-corrected chi connectivity index (χ2v) is 10.4. The number of hydrogen-bond acceptors (Lipinski definition) is 10. The molecule has 0 unspecified atom stereocenters. The van der Waals surface area contributed by atoms with Crippen molar-refractivity contribution >= 4 is 39.5 Å². The Labute approximate surface area is 247 Å². The molecule has 10 nitrogen and oxygen atoms in total. The van der Waals surface area contributed by atoms with Crippen molar-refractivity contribution in [2.75, 3.05) is 12.0 Å². The third-order valence-corrected chi connectivity index (χ3v) is 7.21. The molecule has 0 spiro atoms. The summed E-state index contributed by atoms with van der Waals surface area (Å²) in [5, 5.41) is 8.87. The van der Waals surface area contributed by atoms with E-state index in [1.165, 1.54) is 0 Å². The van der Waals surface area contributed by atoms with E-state index >= 15 is 0 Å². The number of rotatable bonds is 6. The Kier molecular flexibility index (Phi) is 6.31. The number of anilines is 3. The molecule has 7 rings (SSSR count). The Balaban J connectivity index is 1.50. The van der Waals surface area contributed by atoms with Crippen LogP contribution in [0, 0.1) is 27.7 Å². The number of aryl methyl sites for hydroxylation is 4. The topological polar surface area (TPSA) is 116 Å². The molecule has 0 fully saturated rings. The lowest BCUT2D eigenvalue weighted by atomic mass is 10.1. The summed E-state index contributed by atoms with van der Waals surface area (Å²) in [5.41, 5.74) is 7.98. The van der Waals surface area contributed by atoms with Crippen LogP contribution >= 0.6 is 0 Å². The SMILES string of the molecule is COc1cccc(N(c2nc(C)nc3c(-c4ccc(C)cc4)noc23)c2nc(C)nc3c(-c4ccc(C)cc4)noc23)c1. The monoisotopic (exact) mass is 569 g/mol. The van der Waals surface area contributed by atoms with Crippen LogP contribution in [0.2, 0.25) is 0 Å². The van der Waals surface area contributed by atoms with E-state index in [1.807, 2.05) is 105 Å². The van der Waals surface area contributed by atoms with Gasteiger partial charge in [0.1, 0.15) is 39.8 Å². The Bertz CT molecular complexity index is 1990. The van der Waals surface area contributed by atoms with Crippen molar-refractivity contribution in [3.05, 3.63) is 95.6 Å². The van der Waals surface area contributed by atoms with Crippen molar-refractivity contribution in [1.29, 1.82) is 0 Å². The predicted molar refractivity (Wildman–Crippen MR) is 164 cm³/mol. The van der Waals surface area contributed by atoms with Crippen LogP contribution in [0.15, 0.2) is 81.8 Å². The molecule has 0 aliphatic rings. The van der Waals surface area contributed by atoms with Crippen LogP contribution in [0.1, 0.15) is 22.8 Å². The summed E-state index contributed by atoms with van der Waals surface area (Å²) in [6, 6.07) is 23.7. The Morgan fingerprint density at radius 3 is 1.56 bits per heavy atom. The molecule has 0 radical (unpaired) electrons. The van der Waals surface area contributed by atoms with Crippen molar-refractivity contribution in [3.63, 3.8) is 0 Å². The molecule has 0 aliphatic carbocycles. The van der Waals surface area contributed by atoms with Crippen LogP contribution in [0.4, 0.5) is 17.3 Å². The first kappa shape index (κ1) is 26.3. The first-order valence-electron chi connectivity index (χ1n) is 13.8. The number of hydrogen-bond donors (Lipinski definition) is 0. The van der Waals surface area contributed by atoms with Gasteiger partial charge in [0.15, 0.2) is 11.6 Å². The Morgan fingerprint density at radius 2 is 1.09 bits per heavy atom. The van der Waals surface area contributed by atoms with Gasteiger partial charge in [-0.1, -0.05) is 76.0 Å². The van der Waals surface area contributed by atoms with Gasteiger partial charge in [0, 0.05) is 17.2 Å². The molecule has 0 atom stereocenters. The minimum Gasteiger partial charge on any atom is -0.497 e. The fourth-order valence-corrected chi connectivity index (χ4v) is 5.05. The fraction of sp³-hybridized carbons (Fsp3) is 0.152. The van der Waals surface area contributed by atoms with Gasteiger partial charge in [-0.25, -0.2) is 19.9 Å². The highest BCUT2D eigenvalue weighted by Gasteiger charge is 2.29. The maximum absolute atomic E-state index is 5.99. The summed E-state index contributed by atoms with van der Waals surface area (Å²) < 4.78 is 17.6. The van der Waals surface area contributed by atoms with E-state index in [1.54, 1.807) is 7.11 Å². The Morgan fingerprint density at radius 1 is 0.605 bits per heavy atom. The lowest BCUT2D eigenvalue weighted by Crippen LogP contribution is -2.15. The molecule has 10 heteroatoms. The number of fused-ring (bicyclic) bond motifs is 2. The van der Waals surface area contributed by atoms with Gasteiger partial charge >= 0.3 is 0 Å². The van der Waals surface area contributed by atoms with Crippen LogP contribution in [0.25, 0.3) is 44.7 Å². The van der Waals surface area contributed by atoms with Gasteiger partial charge in [0.05, 0.1) is 12.8 Å². The van der Waals surface area contributed by atoms with Gasteiger partial charge < -0.3 is 13.8 Å². The van der Waals surface area contributed by atoms with Crippen LogP contribution in [-0.4, -0.2) is 37.4 Å². The smallest absolute Gasteiger partial charge is 0.229 e. The zero-order valence-electron chi connectivity index (χ0n) is 24.3. The summed E-state index contributed by atoms with van der Waals surface area (Å²) in [6.45, 7) is 7.76. The molecule has 0 N–H and O–H groups in total. The lowest BCUT2D eigenvalue weighted by molar-refractivity contribution is 0.415. The zero-order chi connectivity index (χ0) is 29.7. The molecule has 0 bridgehead atoms. The summed E-state index contributed by atoms with van der Waals surface area (Å²) in [7, 11) is 1.62. The number of benzene rings is 3. The molecule has 4 aromatic heterocycles. The largest absolute Gasteiger partial charge is 0.497 e. The van der Waals surface area contributed by atoms with Crippen molar-refractivity contribution in [2.45, 2.75) is 27.7 Å². The van der Waals surface area contributed by atoms with Gasteiger partial charge in [-0.3, -0.25) is 4.90 Å². The van der Waals surface area contributed by atoms with E-state index in [-0.39, 0.29) is 0 Å². The van der Waals surface area contributed by atoms with Crippen LogP contribution < -0.4 is 9.64 Å². The van der Waals surface area contributed by atoms with E-state index < -0.39 is 0 Å². The molecule has 4 heterocycles.